The third kappa shape index (κ3) is 2.90. The van der Waals surface area contributed by atoms with E-state index in [1.54, 1.807) is 18.6 Å². The van der Waals surface area contributed by atoms with Crippen molar-refractivity contribution < 1.29 is 0 Å². The molecular formula is C18H18N6. The molecule has 4 heterocycles. The number of hydrogen-bond donors (Lipinski definition) is 0. The van der Waals surface area contributed by atoms with Crippen molar-refractivity contribution in [3.63, 3.8) is 0 Å². The Hall–Kier alpha value is -3.02. The largest absolute Gasteiger partial charge is 0.368 e. The van der Waals surface area contributed by atoms with Gasteiger partial charge in [-0.15, -0.1) is 0 Å². The van der Waals surface area contributed by atoms with Crippen molar-refractivity contribution in [1.82, 2.24) is 19.9 Å². The summed E-state index contributed by atoms with van der Waals surface area (Å²) in [5.74, 6) is 0.930. The van der Waals surface area contributed by atoms with Gasteiger partial charge in [0.05, 0.1) is 0 Å². The average Bonchev–Trinajstić information content (AvgIpc) is 2.69. The number of hydrogen-bond acceptors (Lipinski definition) is 6. The molecule has 0 atom stereocenters. The highest BCUT2D eigenvalue weighted by atomic mass is 15.3. The first-order valence-electron chi connectivity index (χ1n) is 8.03. The molecule has 0 aliphatic carbocycles. The summed E-state index contributed by atoms with van der Waals surface area (Å²) in [7, 11) is 0. The summed E-state index contributed by atoms with van der Waals surface area (Å²) in [6, 6.07) is 8.06. The van der Waals surface area contributed by atoms with E-state index in [2.05, 4.69) is 41.9 Å². The first kappa shape index (κ1) is 14.6. The van der Waals surface area contributed by atoms with Crippen molar-refractivity contribution in [1.29, 1.82) is 0 Å². The Balaban J connectivity index is 1.54. The lowest BCUT2D eigenvalue weighted by molar-refractivity contribution is 0.647. The van der Waals surface area contributed by atoms with E-state index in [1.807, 2.05) is 30.7 Å². The van der Waals surface area contributed by atoms with Gasteiger partial charge in [-0.1, -0.05) is 0 Å². The first-order chi connectivity index (χ1) is 11.9. The quantitative estimate of drug-likeness (QED) is 0.738. The third-order valence-electron chi connectivity index (χ3n) is 4.22. The molecule has 24 heavy (non-hydrogen) atoms. The average molecular weight is 318 g/mol. The van der Waals surface area contributed by atoms with Gasteiger partial charge in [0.25, 0.3) is 0 Å². The molecule has 0 bridgehead atoms. The molecule has 0 unspecified atom stereocenters. The smallest absolute Gasteiger partial charge is 0.155 e. The van der Waals surface area contributed by atoms with Crippen molar-refractivity contribution in [2.75, 3.05) is 36.0 Å². The van der Waals surface area contributed by atoms with Gasteiger partial charge in [-0.2, -0.15) is 0 Å². The molecule has 4 rings (SSSR count). The maximum atomic E-state index is 4.58. The second kappa shape index (κ2) is 6.62. The third-order valence-corrected chi connectivity index (χ3v) is 4.22. The molecule has 1 aliphatic heterocycles. The molecule has 6 heteroatoms. The zero-order chi connectivity index (χ0) is 16.2. The number of rotatable bonds is 3. The highest BCUT2D eigenvalue weighted by Gasteiger charge is 2.21. The molecule has 0 N–H and O–H groups in total. The van der Waals surface area contributed by atoms with Crippen LogP contribution in [0.4, 0.5) is 11.5 Å². The van der Waals surface area contributed by atoms with Crippen LogP contribution < -0.4 is 9.80 Å². The second-order valence-electron chi connectivity index (χ2n) is 5.65. The van der Waals surface area contributed by atoms with E-state index in [0.29, 0.717) is 0 Å². The summed E-state index contributed by atoms with van der Waals surface area (Å²) < 4.78 is 0. The van der Waals surface area contributed by atoms with E-state index >= 15 is 0 Å². The predicted molar refractivity (Wildman–Crippen MR) is 93.9 cm³/mol. The molecule has 3 aromatic rings. The fraction of sp³-hybridized carbons (Fsp3) is 0.222. The van der Waals surface area contributed by atoms with Crippen LogP contribution in [0, 0.1) is 0 Å². The highest BCUT2D eigenvalue weighted by Crippen LogP contribution is 2.27. The van der Waals surface area contributed by atoms with Crippen LogP contribution in [-0.4, -0.2) is 46.1 Å². The van der Waals surface area contributed by atoms with Gasteiger partial charge in [0.15, 0.2) is 5.82 Å². The lowest BCUT2D eigenvalue weighted by Gasteiger charge is -2.37. The Morgan fingerprint density at radius 2 is 1.46 bits per heavy atom. The minimum atomic E-state index is 0.892. The summed E-state index contributed by atoms with van der Waals surface area (Å²) in [5, 5.41) is 0. The molecule has 0 aromatic carbocycles. The Bertz CT molecular complexity index is 785. The topological polar surface area (TPSA) is 58.0 Å². The second-order valence-corrected chi connectivity index (χ2v) is 5.65. The van der Waals surface area contributed by atoms with Crippen molar-refractivity contribution in [3.05, 3.63) is 61.4 Å². The first-order valence-corrected chi connectivity index (χ1v) is 8.03. The zero-order valence-electron chi connectivity index (χ0n) is 13.3. The van der Waals surface area contributed by atoms with Crippen LogP contribution in [0.15, 0.2) is 61.4 Å². The lowest BCUT2D eigenvalue weighted by atomic mass is 10.2. The molecule has 0 saturated carbocycles. The van der Waals surface area contributed by atoms with Crippen LogP contribution in [0.2, 0.25) is 0 Å². The van der Waals surface area contributed by atoms with Gasteiger partial charge in [0, 0.05) is 74.6 Å². The molecular weight excluding hydrogens is 300 g/mol. The Morgan fingerprint density at radius 1 is 0.708 bits per heavy atom. The fourth-order valence-electron chi connectivity index (χ4n) is 3.00. The van der Waals surface area contributed by atoms with Crippen molar-refractivity contribution in [3.8, 4) is 11.3 Å². The van der Waals surface area contributed by atoms with Crippen LogP contribution >= 0.6 is 0 Å². The zero-order valence-corrected chi connectivity index (χ0v) is 13.3. The summed E-state index contributed by atoms with van der Waals surface area (Å²) in [5.41, 5.74) is 3.11. The van der Waals surface area contributed by atoms with Gasteiger partial charge in [0.2, 0.25) is 0 Å². The molecule has 0 radical (unpaired) electrons. The van der Waals surface area contributed by atoms with Crippen LogP contribution in [0.3, 0.4) is 0 Å². The molecule has 6 nitrogen and oxygen atoms in total. The van der Waals surface area contributed by atoms with Gasteiger partial charge < -0.3 is 9.80 Å². The van der Waals surface area contributed by atoms with Crippen LogP contribution in [-0.2, 0) is 0 Å². The molecule has 120 valence electrons. The standard InChI is InChI=1S/C18H18N6/c1-2-15(14-20-5-1)17-18(22-9-8-21-17)24-12-10-23(11-13-24)16-3-6-19-7-4-16/h1-9,14H,10-13H2. The van der Waals surface area contributed by atoms with Crippen LogP contribution in [0.25, 0.3) is 11.3 Å². The van der Waals surface area contributed by atoms with Gasteiger partial charge in [0.1, 0.15) is 5.69 Å². The SMILES string of the molecule is c1cncc(-c2nccnc2N2CCN(c3ccncc3)CC2)c1. The van der Waals surface area contributed by atoms with E-state index in [4.69, 9.17) is 0 Å². The number of anilines is 2. The monoisotopic (exact) mass is 318 g/mol. The number of aromatic nitrogens is 4. The minimum absolute atomic E-state index is 0.892. The molecule has 1 saturated heterocycles. The molecule has 3 aromatic heterocycles. The molecule has 1 aliphatic rings. The molecule has 0 spiro atoms. The van der Waals surface area contributed by atoms with Gasteiger partial charge in [-0.05, 0) is 24.3 Å². The van der Waals surface area contributed by atoms with E-state index in [9.17, 15) is 0 Å². The van der Waals surface area contributed by atoms with Crippen LogP contribution in [0.1, 0.15) is 0 Å². The van der Waals surface area contributed by atoms with Gasteiger partial charge in [-0.3, -0.25) is 15.0 Å². The van der Waals surface area contributed by atoms with Crippen molar-refractivity contribution in [2.45, 2.75) is 0 Å². The summed E-state index contributed by atoms with van der Waals surface area (Å²) in [6.45, 7) is 3.72. The summed E-state index contributed by atoms with van der Waals surface area (Å²) in [6.07, 6.45) is 10.8. The van der Waals surface area contributed by atoms with E-state index in [1.165, 1.54) is 5.69 Å². The summed E-state index contributed by atoms with van der Waals surface area (Å²) in [4.78, 5) is 22.1. The molecule has 0 amide bonds. The van der Waals surface area contributed by atoms with Gasteiger partial charge >= 0.3 is 0 Å². The van der Waals surface area contributed by atoms with Crippen molar-refractivity contribution >= 4 is 11.5 Å². The normalized spacial score (nSPS) is 14.7. The van der Waals surface area contributed by atoms with E-state index in [-0.39, 0.29) is 0 Å². The lowest BCUT2D eigenvalue weighted by Crippen LogP contribution is -2.47. The maximum Gasteiger partial charge on any atom is 0.155 e. The Labute approximate surface area is 140 Å². The van der Waals surface area contributed by atoms with Gasteiger partial charge in [-0.25, -0.2) is 4.98 Å². The number of nitrogens with zero attached hydrogens (tertiary/aromatic N) is 6. The van der Waals surface area contributed by atoms with E-state index < -0.39 is 0 Å². The highest BCUT2D eigenvalue weighted by molar-refractivity contribution is 5.71. The number of piperazine rings is 1. The van der Waals surface area contributed by atoms with Crippen molar-refractivity contribution in [2.24, 2.45) is 0 Å². The maximum absolute atomic E-state index is 4.58. The van der Waals surface area contributed by atoms with E-state index in [0.717, 1.165) is 43.3 Å². The fourth-order valence-corrected chi connectivity index (χ4v) is 3.00. The predicted octanol–water partition coefficient (Wildman–Crippen LogP) is 2.26. The molecule has 1 fully saturated rings. The minimum Gasteiger partial charge on any atom is -0.368 e. The summed E-state index contributed by atoms with van der Waals surface area (Å²) >= 11 is 0. The van der Waals surface area contributed by atoms with Crippen LogP contribution in [0.5, 0.6) is 0 Å². The number of pyridine rings is 2. The Morgan fingerprint density at radius 3 is 2.21 bits per heavy atom. The Kier molecular flexibility index (Phi) is 4.02.